The van der Waals surface area contributed by atoms with Crippen LogP contribution >= 0.6 is 0 Å². The second-order valence-electron chi connectivity index (χ2n) is 4.35. The normalized spacial score (nSPS) is 44.7. The molecule has 1 N–H and O–H groups in total. The molecule has 1 fully saturated rings. The van der Waals surface area contributed by atoms with Crippen molar-refractivity contribution in [2.45, 2.75) is 18.4 Å². The third-order valence-corrected chi connectivity index (χ3v) is 3.64. The average Bonchev–Trinajstić information content (AvgIpc) is 2.62. The Morgan fingerprint density at radius 1 is 1.50 bits per heavy atom. The maximum Gasteiger partial charge on any atom is 0.0621 e. The van der Waals surface area contributed by atoms with E-state index in [2.05, 4.69) is 31.1 Å². The fourth-order valence-corrected chi connectivity index (χ4v) is 2.77. The van der Waals surface area contributed by atoms with Crippen molar-refractivity contribution in [3.63, 3.8) is 0 Å². The van der Waals surface area contributed by atoms with Gasteiger partial charge in [0, 0.05) is 0 Å². The van der Waals surface area contributed by atoms with Crippen LogP contribution in [0, 0.1) is 11.8 Å². The van der Waals surface area contributed by atoms with E-state index in [1.165, 1.54) is 6.42 Å². The fourth-order valence-electron chi connectivity index (χ4n) is 2.77. The zero-order valence-electron chi connectivity index (χ0n) is 7.83. The molecule has 0 radical (unpaired) electrons. The molecule has 0 amide bonds. The number of rotatable bonds is 2. The Hall–Kier alpha value is -0.340. The van der Waals surface area contributed by atoms with Gasteiger partial charge in [-0.25, -0.2) is 0 Å². The van der Waals surface area contributed by atoms with E-state index in [0.717, 1.165) is 12.3 Å². The second kappa shape index (κ2) is 2.57. The zero-order valence-corrected chi connectivity index (χ0v) is 7.83. The van der Waals surface area contributed by atoms with Crippen molar-refractivity contribution in [1.29, 1.82) is 0 Å². The van der Waals surface area contributed by atoms with Crippen molar-refractivity contribution < 1.29 is 5.11 Å². The number of hydrogen-bond acceptors (Lipinski definition) is 2. The molecule has 1 saturated carbocycles. The molecule has 0 aromatic carbocycles. The van der Waals surface area contributed by atoms with Gasteiger partial charge in [-0.1, -0.05) is 12.2 Å². The number of aliphatic hydroxyl groups excluding tert-OH is 1. The maximum atomic E-state index is 9.43. The lowest BCUT2D eigenvalue weighted by molar-refractivity contribution is 0.0463. The van der Waals surface area contributed by atoms with Crippen LogP contribution in [0.1, 0.15) is 12.8 Å². The highest BCUT2D eigenvalue weighted by atomic mass is 16.3. The van der Waals surface area contributed by atoms with Gasteiger partial charge in [-0.05, 0) is 38.8 Å². The molecule has 12 heavy (non-hydrogen) atoms. The number of aliphatic hydroxyl groups is 1. The molecule has 2 nitrogen and oxygen atoms in total. The van der Waals surface area contributed by atoms with Gasteiger partial charge in [0.2, 0.25) is 0 Å². The minimum absolute atomic E-state index is 0.0550. The van der Waals surface area contributed by atoms with Crippen LogP contribution in [0.4, 0.5) is 0 Å². The average molecular weight is 167 g/mol. The Kier molecular flexibility index (Phi) is 1.77. The summed E-state index contributed by atoms with van der Waals surface area (Å²) in [6.07, 6.45) is 6.98. The minimum Gasteiger partial charge on any atom is -0.394 e. The van der Waals surface area contributed by atoms with Gasteiger partial charge in [-0.3, -0.25) is 0 Å². The van der Waals surface area contributed by atoms with Crippen molar-refractivity contribution >= 4 is 0 Å². The summed E-state index contributed by atoms with van der Waals surface area (Å²) in [5.74, 6) is 1.31. The Morgan fingerprint density at radius 3 is 2.50 bits per heavy atom. The number of nitrogens with zero attached hydrogens (tertiary/aromatic N) is 1. The Labute approximate surface area is 73.9 Å². The lowest BCUT2D eigenvalue weighted by Gasteiger charge is -2.40. The maximum absolute atomic E-state index is 9.43. The number of fused-ring (bicyclic) bond motifs is 2. The first-order valence-electron chi connectivity index (χ1n) is 4.65. The van der Waals surface area contributed by atoms with E-state index in [0.29, 0.717) is 12.5 Å². The highest BCUT2D eigenvalue weighted by Gasteiger charge is 2.49. The van der Waals surface area contributed by atoms with Crippen molar-refractivity contribution in [3.8, 4) is 0 Å². The molecule has 2 aliphatic carbocycles. The van der Waals surface area contributed by atoms with Crippen LogP contribution in [0.2, 0.25) is 0 Å². The van der Waals surface area contributed by atoms with Crippen LogP contribution < -0.4 is 0 Å². The molecule has 0 heterocycles. The molecule has 0 saturated heterocycles. The SMILES string of the molecule is CN(C)[C@@]1(CO)C[C@H]2C=C[C@@H]1C2. The molecule has 2 rings (SSSR count). The van der Waals surface area contributed by atoms with Crippen molar-refractivity contribution in [2.75, 3.05) is 20.7 Å². The molecule has 68 valence electrons. The first-order chi connectivity index (χ1) is 5.69. The van der Waals surface area contributed by atoms with E-state index in [1.807, 2.05) is 0 Å². The predicted octanol–water partition coefficient (Wildman–Crippen LogP) is 0.875. The number of hydrogen-bond donors (Lipinski definition) is 1. The standard InChI is InChI=1S/C10H17NO/c1-11(2)10(7-12)6-8-3-4-9(10)5-8/h3-4,8-9,12H,5-7H2,1-2H3/t8-,9+,10+/m0/s1. The van der Waals surface area contributed by atoms with Crippen molar-refractivity contribution in [3.05, 3.63) is 12.2 Å². The van der Waals surface area contributed by atoms with Crippen LogP contribution in [0.25, 0.3) is 0 Å². The lowest BCUT2D eigenvalue weighted by atomic mass is 9.84. The van der Waals surface area contributed by atoms with Crippen LogP contribution in [0.5, 0.6) is 0 Å². The predicted molar refractivity (Wildman–Crippen MR) is 48.9 cm³/mol. The summed E-state index contributed by atoms with van der Waals surface area (Å²) in [6, 6.07) is 0. The molecule has 0 unspecified atom stereocenters. The summed E-state index contributed by atoms with van der Waals surface area (Å²) in [4.78, 5) is 2.20. The Balaban J connectivity index is 2.25. The Bertz CT molecular complexity index is 212. The van der Waals surface area contributed by atoms with Gasteiger partial charge in [0.1, 0.15) is 0 Å². The van der Waals surface area contributed by atoms with Gasteiger partial charge < -0.3 is 10.0 Å². The molecule has 2 aliphatic rings. The van der Waals surface area contributed by atoms with Gasteiger partial charge in [0.25, 0.3) is 0 Å². The van der Waals surface area contributed by atoms with Gasteiger partial charge in [-0.15, -0.1) is 0 Å². The van der Waals surface area contributed by atoms with Gasteiger partial charge in [0.15, 0.2) is 0 Å². The third kappa shape index (κ3) is 0.882. The largest absolute Gasteiger partial charge is 0.394 e. The van der Waals surface area contributed by atoms with E-state index in [-0.39, 0.29) is 5.54 Å². The number of likely N-dealkylation sites (N-methyl/N-ethyl adjacent to an activating group) is 1. The molecule has 3 atom stereocenters. The fraction of sp³-hybridized carbons (Fsp3) is 0.800. The molecular weight excluding hydrogens is 150 g/mol. The number of allylic oxidation sites excluding steroid dienone is 1. The molecule has 2 heteroatoms. The quantitative estimate of drug-likeness (QED) is 0.617. The van der Waals surface area contributed by atoms with Crippen molar-refractivity contribution in [2.24, 2.45) is 11.8 Å². The molecule has 0 aromatic rings. The first-order valence-corrected chi connectivity index (χ1v) is 4.65. The summed E-state index contributed by atoms with van der Waals surface area (Å²) in [7, 11) is 4.15. The minimum atomic E-state index is 0.0550. The molecule has 0 aliphatic heterocycles. The summed E-state index contributed by atoms with van der Waals surface area (Å²) in [5, 5.41) is 9.43. The van der Waals surface area contributed by atoms with E-state index in [9.17, 15) is 5.11 Å². The monoisotopic (exact) mass is 167 g/mol. The topological polar surface area (TPSA) is 23.5 Å². The Morgan fingerprint density at radius 2 is 2.25 bits per heavy atom. The zero-order chi connectivity index (χ0) is 8.77. The summed E-state index contributed by atoms with van der Waals surface area (Å²) in [6.45, 7) is 0.297. The van der Waals surface area contributed by atoms with Crippen LogP contribution in [-0.4, -0.2) is 36.2 Å². The summed E-state index contributed by atoms with van der Waals surface area (Å²) in [5.41, 5.74) is 0.0550. The highest BCUT2D eigenvalue weighted by Crippen LogP contribution is 2.48. The van der Waals surface area contributed by atoms with Gasteiger partial charge in [0.05, 0.1) is 12.1 Å². The van der Waals surface area contributed by atoms with Gasteiger partial charge in [-0.2, -0.15) is 0 Å². The van der Waals surface area contributed by atoms with E-state index >= 15 is 0 Å². The lowest BCUT2D eigenvalue weighted by Crippen LogP contribution is -2.50. The summed E-state index contributed by atoms with van der Waals surface area (Å²) < 4.78 is 0. The van der Waals surface area contributed by atoms with Gasteiger partial charge >= 0.3 is 0 Å². The van der Waals surface area contributed by atoms with E-state index < -0.39 is 0 Å². The second-order valence-corrected chi connectivity index (χ2v) is 4.35. The summed E-state index contributed by atoms with van der Waals surface area (Å²) >= 11 is 0. The third-order valence-electron chi connectivity index (χ3n) is 3.64. The highest BCUT2D eigenvalue weighted by molar-refractivity contribution is 5.19. The molecule has 0 spiro atoms. The molecular formula is C10H17NO. The molecule has 0 aromatic heterocycles. The molecule has 2 bridgehead atoms. The van der Waals surface area contributed by atoms with Crippen molar-refractivity contribution in [1.82, 2.24) is 4.90 Å². The van der Waals surface area contributed by atoms with Crippen LogP contribution in [0.15, 0.2) is 12.2 Å². The van der Waals surface area contributed by atoms with E-state index in [4.69, 9.17) is 0 Å². The first kappa shape index (κ1) is 8.27. The van der Waals surface area contributed by atoms with Crippen LogP contribution in [0.3, 0.4) is 0 Å². The smallest absolute Gasteiger partial charge is 0.0621 e. The van der Waals surface area contributed by atoms with Crippen LogP contribution in [-0.2, 0) is 0 Å². The van der Waals surface area contributed by atoms with E-state index in [1.54, 1.807) is 0 Å².